The van der Waals surface area contributed by atoms with Crippen LogP contribution in [-0.4, -0.2) is 0 Å². The summed E-state index contributed by atoms with van der Waals surface area (Å²) in [6.45, 7) is 0. The van der Waals surface area contributed by atoms with Gasteiger partial charge in [-0.15, -0.1) is 0 Å². The Balaban J connectivity index is 1.48. The van der Waals surface area contributed by atoms with Gasteiger partial charge in [0.15, 0.2) is 0 Å². The fraction of sp³-hybridized carbons (Fsp3) is 0. The lowest BCUT2D eigenvalue weighted by atomic mass is 9.90. The van der Waals surface area contributed by atoms with Gasteiger partial charge in [-0.2, -0.15) is 0 Å². The van der Waals surface area contributed by atoms with Crippen LogP contribution in [0.15, 0.2) is 142 Å². The van der Waals surface area contributed by atoms with Gasteiger partial charge in [-0.25, -0.2) is 0 Å². The minimum Gasteiger partial charge on any atom is -0.456 e. The summed E-state index contributed by atoms with van der Waals surface area (Å²) >= 11 is 0. The van der Waals surface area contributed by atoms with Crippen LogP contribution in [0.2, 0.25) is 0 Å². The van der Waals surface area contributed by atoms with Gasteiger partial charge in [0, 0.05) is 22.3 Å². The van der Waals surface area contributed by atoms with Crippen LogP contribution in [-0.2, 0) is 0 Å². The summed E-state index contributed by atoms with van der Waals surface area (Å²) in [7, 11) is 0. The van der Waals surface area contributed by atoms with E-state index >= 15 is 0 Å². The van der Waals surface area contributed by atoms with E-state index in [4.69, 9.17) is 8.83 Å². The molecule has 0 fully saturated rings. The van der Waals surface area contributed by atoms with Crippen molar-refractivity contribution in [2.24, 2.45) is 0 Å². The molecule has 2 heteroatoms. The zero-order valence-corrected chi connectivity index (χ0v) is 19.5. The number of hydrogen-bond acceptors (Lipinski definition) is 2. The van der Waals surface area contributed by atoms with Crippen LogP contribution < -0.4 is 0 Å². The third-order valence-corrected chi connectivity index (χ3v) is 6.75. The van der Waals surface area contributed by atoms with Crippen LogP contribution in [0.1, 0.15) is 0 Å². The first-order valence-corrected chi connectivity index (χ1v) is 12.1. The quantitative estimate of drug-likeness (QED) is 0.243. The van der Waals surface area contributed by atoms with E-state index in [1.807, 2.05) is 36.4 Å². The third-order valence-electron chi connectivity index (χ3n) is 6.75. The van der Waals surface area contributed by atoms with E-state index in [0.29, 0.717) is 0 Å². The average molecular weight is 463 g/mol. The Labute approximate surface area is 209 Å². The molecule has 0 saturated carbocycles. The molecule has 5 aromatic carbocycles. The summed E-state index contributed by atoms with van der Waals surface area (Å²) in [5.41, 5.74) is 4.33. The Morgan fingerprint density at radius 1 is 0.278 bits per heavy atom. The minimum absolute atomic E-state index is 0.859. The van der Waals surface area contributed by atoms with E-state index in [0.717, 1.165) is 66.8 Å². The van der Waals surface area contributed by atoms with E-state index in [1.54, 1.807) is 0 Å². The molecule has 0 aliphatic carbocycles. The van der Waals surface area contributed by atoms with Crippen LogP contribution in [0.5, 0.6) is 0 Å². The molecule has 0 radical (unpaired) electrons. The largest absolute Gasteiger partial charge is 0.456 e. The molecule has 2 heterocycles. The molecule has 0 atom stereocenters. The van der Waals surface area contributed by atoms with Crippen LogP contribution in [0.3, 0.4) is 0 Å². The summed E-state index contributed by atoms with van der Waals surface area (Å²) < 4.78 is 12.9. The lowest BCUT2D eigenvalue weighted by Gasteiger charge is -2.14. The number of furan rings is 2. The fourth-order valence-corrected chi connectivity index (χ4v) is 5.12. The van der Waals surface area contributed by atoms with Gasteiger partial charge in [0.25, 0.3) is 0 Å². The third kappa shape index (κ3) is 3.35. The first-order chi connectivity index (χ1) is 17.9. The Morgan fingerprint density at radius 3 is 0.944 bits per heavy atom. The van der Waals surface area contributed by atoms with Gasteiger partial charge in [0.1, 0.15) is 23.0 Å². The van der Waals surface area contributed by atoms with Gasteiger partial charge in [-0.1, -0.05) is 109 Å². The van der Waals surface area contributed by atoms with Gasteiger partial charge in [0.05, 0.1) is 0 Å². The van der Waals surface area contributed by atoms with Crippen molar-refractivity contribution in [3.8, 4) is 45.3 Å². The maximum Gasteiger partial charge on any atom is 0.136 e. The standard InChI is InChI=1S/C34H22O2/c1-3-11-23(12-4-1)29-19-21-31(35-29)33-25-15-7-9-17-27(25)34(28-18-10-8-16-26(28)33)32-22-20-30(36-32)24-13-5-2-6-14-24/h1-22H. The van der Waals surface area contributed by atoms with Gasteiger partial charge in [-0.05, 0) is 45.8 Å². The first-order valence-electron chi connectivity index (χ1n) is 12.1. The Bertz CT molecular complexity index is 1630. The lowest BCUT2D eigenvalue weighted by molar-refractivity contribution is 0.597. The second-order valence-electron chi connectivity index (χ2n) is 8.90. The monoisotopic (exact) mass is 462 g/mol. The molecule has 2 nitrogen and oxygen atoms in total. The van der Waals surface area contributed by atoms with E-state index in [2.05, 4.69) is 97.1 Å². The average Bonchev–Trinajstić information content (AvgIpc) is 3.63. The molecule has 0 unspecified atom stereocenters. The summed E-state index contributed by atoms with van der Waals surface area (Å²) in [6.07, 6.45) is 0. The van der Waals surface area contributed by atoms with Gasteiger partial charge < -0.3 is 8.83 Å². The van der Waals surface area contributed by atoms with E-state index in [1.165, 1.54) is 0 Å². The number of benzene rings is 5. The number of hydrogen-bond donors (Lipinski definition) is 0. The summed E-state index contributed by atoms with van der Waals surface area (Å²) in [5.74, 6) is 3.44. The van der Waals surface area contributed by atoms with Crippen molar-refractivity contribution in [3.05, 3.63) is 133 Å². The smallest absolute Gasteiger partial charge is 0.136 e. The van der Waals surface area contributed by atoms with Crippen molar-refractivity contribution < 1.29 is 8.83 Å². The van der Waals surface area contributed by atoms with Crippen molar-refractivity contribution in [2.75, 3.05) is 0 Å². The van der Waals surface area contributed by atoms with E-state index in [-0.39, 0.29) is 0 Å². The predicted octanol–water partition coefficient (Wildman–Crippen LogP) is 9.85. The molecule has 0 spiro atoms. The molecule has 0 aliphatic heterocycles. The van der Waals surface area contributed by atoms with Crippen molar-refractivity contribution in [2.45, 2.75) is 0 Å². The normalized spacial score (nSPS) is 11.3. The second-order valence-corrected chi connectivity index (χ2v) is 8.90. The molecular formula is C34H22O2. The zero-order chi connectivity index (χ0) is 23.9. The number of fused-ring (bicyclic) bond motifs is 2. The van der Waals surface area contributed by atoms with Crippen LogP contribution >= 0.6 is 0 Å². The highest BCUT2D eigenvalue weighted by Gasteiger charge is 2.20. The molecule has 0 amide bonds. The Kier molecular flexibility index (Phi) is 4.82. The zero-order valence-electron chi connectivity index (χ0n) is 19.5. The molecular weight excluding hydrogens is 440 g/mol. The molecule has 170 valence electrons. The van der Waals surface area contributed by atoms with Crippen LogP contribution in [0, 0.1) is 0 Å². The van der Waals surface area contributed by atoms with Gasteiger partial charge >= 0.3 is 0 Å². The van der Waals surface area contributed by atoms with Gasteiger partial charge in [0.2, 0.25) is 0 Å². The van der Waals surface area contributed by atoms with Crippen molar-refractivity contribution in [1.29, 1.82) is 0 Å². The Hall–Kier alpha value is -4.82. The molecule has 0 bridgehead atoms. The van der Waals surface area contributed by atoms with Crippen molar-refractivity contribution >= 4 is 21.5 Å². The molecule has 7 rings (SSSR count). The SMILES string of the molecule is c1ccc(-c2ccc(-c3c4ccccc4c(-c4ccc(-c5ccccc5)o4)c4ccccc34)o2)cc1. The van der Waals surface area contributed by atoms with Crippen LogP contribution in [0.4, 0.5) is 0 Å². The minimum atomic E-state index is 0.859. The Morgan fingerprint density at radius 2 is 0.583 bits per heavy atom. The number of rotatable bonds is 4. The summed E-state index contributed by atoms with van der Waals surface area (Å²) in [5, 5.41) is 4.55. The summed E-state index contributed by atoms with van der Waals surface area (Å²) in [6, 6.07) is 45.8. The predicted molar refractivity (Wildman–Crippen MR) is 148 cm³/mol. The maximum atomic E-state index is 6.46. The second kappa shape index (κ2) is 8.44. The van der Waals surface area contributed by atoms with E-state index < -0.39 is 0 Å². The summed E-state index contributed by atoms with van der Waals surface area (Å²) in [4.78, 5) is 0. The highest BCUT2D eigenvalue weighted by molar-refractivity contribution is 6.20. The lowest BCUT2D eigenvalue weighted by Crippen LogP contribution is -1.89. The highest BCUT2D eigenvalue weighted by Crippen LogP contribution is 2.45. The fourth-order valence-electron chi connectivity index (χ4n) is 5.12. The highest BCUT2D eigenvalue weighted by atomic mass is 16.3. The first kappa shape index (κ1) is 20.5. The van der Waals surface area contributed by atoms with E-state index in [9.17, 15) is 0 Å². The molecule has 0 N–H and O–H groups in total. The van der Waals surface area contributed by atoms with Gasteiger partial charge in [-0.3, -0.25) is 0 Å². The van der Waals surface area contributed by atoms with Crippen LogP contribution in [0.25, 0.3) is 66.8 Å². The van der Waals surface area contributed by atoms with Crippen molar-refractivity contribution in [3.63, 3.8) is 0 Å². The molecule has 7 aromatic rings. The maximum absolute atomic E-state index is 6.46. The molecule has 36 heavy (non-hydrogen) atoms. The molecule has 0 aliphatic rings. The topological polar surface area (TPSA) is 26.3 Å². The van der Waals surface area contributed by atoms with Crippen molar-refractivity contribution in [1.82, 2.24) is 0 Å². The molecule has 0 saturated heterocycles. The molecule has 2 aromatic heterocycles.